The van der Waals surface area contributed by atoms with Gasteiger partial charge in [-0.2, -0.15) is 5.10 Å². The molecule has 0 bridgehead atoms. The maximum absolute atomic E-state index is 10.7. The van der Waals surface area contributed by atoms with E-state index < -0.39 is 6.03 Å². The Kier molecular flexibility index (Phi) is 4.43. The molecule has 0 atom stereocenters. The van der Waals surface area contributed by atoms with Crippen molar-refractivity contribution in [3.63, 3.8) is 0 Å². The highest BCUT2D eigenvalue weighted by Crippen LogP contribution is 1.83. The van der Waals surface area contributed by atoms with Gasteiger partial charge in [0.25, 0.3) is 0 Å². The number of carbonyl (C=O) groups excluding carboxylic acids is 2. The number of carbonyl (C=O) groups is 2. The molecule has 0 aliphatic heterocycles. The van der Waals surface area contributed by atoms with E-state index in [0.717, 1.165) is 0 Å². The summed E-state index contributed by atoms with van der Waals surface area (Å²) in [5.74, 6) is -0.164. The summed E-state index contributed by atoms with van der Waals surface area (Å²) < 4.78 is 0. The van der Waals surface area contributed by atoms with Gasteiger partial charge >= 0.3 is 6.03 Å². The van der Waals surface area contributed by atoms with Gasteiger partial charge in [0, 0.05) is 12.8 Å². The van der Waals surface area contributed by atoms with E-state index in [1.165, 1.54) is 7.05 Å². The smallest absolute Gasteiger partial charge is 0.332 e. The summed E-state index contributed by atoms with van der Waals surface area (Å²) in [6, 6.07) is -0.744. The van der Waals surface area contributed by atoms with Crippen LogP contribution < -0.4 is 16.5 Å². The lowest BCUT2D eigenvalue weighted by molar-refractivity contribution is -0.119. The lowest BCUT2D eigenvalue weighted by Crippen LogP contribution is -2.27. The van der Waals surface area contributed by atoms with E-state index in [1.54, 1.807) is 6.92 Å². The molecule has 0 heterocycles. The van der Waals surface area contributed by atoms with Crippen molar-refractivity contribution >= 4 is 17.6 Å². The molecule has 0 fully saturated rings. The third kappa shape index (κ3) is 5.21. The third-order valence-corrected chi connectivity index (χ3v) is 1.05. The topological polar surface area (TPSA) is 96.6 Å². The van der Waals surface area contributed by atoms with E-state index in [-0.39, 0.29) is 12.3 Å². The number of rotatable bonds is 3. The van der Waals surface area contributed by atoms with Gasteiger partial charge in [-0.05, 0) is 6.92 Å². The quantitative estimate of drug-likeness (QED) is 0.382. The molecule has 6 heteroatoms. The molecular formula is C6H12N4O2. The molecule has 4 N–H and O–H groups in total. The number of nitrogens with two attached hydrogens (primary N) is 1. The minimum atomic E-state index is -0.744. The third-order valence-electron chi connectivity index (χ3n) is 1.05. The van der Waals surface area contributed by atoms with E-state index >= 15 is 0 Å². The molecule has 12 heavy (non-hydrogen) atoms. The predicted molar refractivity (Wildman–Crippen MR) is 44.5 cm³/mol. The zero-order valence-corrected chi connectivity index (χ0v) is 7.05. The van der Waals surface area contributed by atoms with Crippen molar-refractivity contribution in [3.05, 3.63) is 0 Å². The summed E-state index contributed by atoms with van der Waals surface area (Å²) in [5.41, 5.74) is 7.26. The summed E-state index contributed by atoms with van der Waals surface area (Å²) in [5, 5.41) is 5.96. The van der Waals surface area contributed by atoms with Crippen LogP contribution in [0.5, 0.6) is 0 Å². The molecule has 68 valence electrons. The Morgan fingerprint density at radius 2 is 2.08 bits per heavy atom. The number of nitrogens with zero attached hydrogens (tertiary/aromatic N) is 1. The minimum absolute atomic E-state index is 0.150. The second-order valence-corrected chi connectivity index (χ2v) is 2.17. The van der Waals surface area contributed by atoms with Crippen molar-refractivity contribution < 1.29 is 9.59 Å². The van der Waals surface area contributed by atoms with E-state index in [2.05, 4.69) is 10.4 Å². The van der Waals surface area contributed by atoms with Crippen LogP contribution in [0.15, 0.2) is 5.10 Å². The maximum atomic E-state index is 10.7. The van der Waals surface area contributed by atoms with Crippen molar-refractivity contribution in [2.24, 2.45) is 10.8 Å². The van der Waals surface area contributed by atoms with Gasteiger partial charge in [-0.3, -0.25) is 4.79 Å². The van der Waals surface area contributed by atoms with Crippen molar-refractivity contribution in [1.29, 1.82) is 0 Å². The molecule has 0 aromatic heterocycles. The molecule has 0 aromatic carbocycles. The van der Waals surface area contributed by atoms with Crippen LogP contribution in [-0.2, 0) is 4.79 Å². The van der Waals surface area contributed by atoms with E-state index in [0.29, 0.717) is 5.71 Å². The van der Waals surface area contributed by atoms with Gasteiger partial charge in [-0.15, -0.1) is 0 Å². The number of urea groups is 1. The van der Waals surface area contributed by atoms with Gasteiger partial charge in [0.1, 0.15) is 0 Å². The molecule has 0 rings (SSSR count). The highest BCUT2D eigenvalue weighted by atomic mass is 16.2. The number of hydrogen-bond donors (Lipinski definition) is 3. The van der Waals surface area contributed by atoms with Gasteiger partial charge in [-0.1, -0.05) is 0 Å². The second kappa shape index (κ2) is 5.11. The first-order valence-corrected chi connectivity index (χ1v) is 3.35. The Bertz CT molecular complexity index is 212. The molecule has 0 radical (unpaired) electrons. The van der Waals surface area contributed by atoms with Crippen molar-refractivity contribution in [1.82, 2.24) is 10.7 Å². The molecule has 0 saturated heterocycles. The molecule has 3 amide bonds. The van der Waals surface area contributed by atoms with Crippen LogP contribution in [0.2, 0.25) is 0 Å². The Hall–Kier alpha value is -1.59. The fourth-order valence-corrected chi connectivity index (χ4v) is 0.511. The number of nitrogens with one attached hydrogen (secondary N) is 2. The molecular weight excluding hydrogens is 160 g/mol. The Morgan fingerprint density at radius 3 is 2.50 bits per heavy atom. The van der Waals surface area contributed by atoms with Gasteiger partial charge < -0.3 is 11.1 Å². The van der Waals surface area contributed by atoms with Crippen LogP contribution in [0, 0.1) is 0 Å². The number of amides is 3. The fraction of sp³-hybridized carbons (Fsp3) is 0.500. The first-order valence-electron chi connectivity index (χ1n) is 3.35. The Balaban J connectivity index is 3.85. The normalized spacial score (nSPS) is 10.7. The lowest BCUT2D eigenvalue weighted by atomic mass is 10.3. The van der Waals surface area contributed by atoms with Crippen molar-refractivity contribution in [3.8, 4) is 0 Å². The summed E-state index contributed by atoms with van der Waals surface area (Å²) >= 11 is 0. The van der Waals surface area contributed by atoms with Crippen molar-refractivity contribution in [2.75, 3.05) is 7.05 Å². The molecule has 0 saturated carbocycles. The first kappa shape index (κ1) is 10.4. The number of primary amides is 1. The minimum Gasteiger partial charge on any atom is -0.359 e. The summed E-state index contributed by atoms with van der Waals surface area (Å²) in [4.78, 5) is 20.9. The molecule has 0 aliphatic carbocycles. The Labute approximate surface area is 70.2 Å². The first-order chi connectivity index (χ1) is 5.56. The average molecular weight is 172 g/mol. The monoisotopic (exact) mass is 172 g/mol. The molecule has 0 unspecified atom stereocenters. The summed E-state index contributed by atoms with van der Waals surface area (Å²) in [6.07, 6.45) is 0.150. The highest BCUT2D eigenvalue weighted by Gasteiger charge is 2.00. The molecule has 0 aliphatic rings. The predicted octanol–water partition coefficient (Wildman–Crippen LogP) is -0.833. The SMILES string of the molecule is CNC(=O)C/C(C)=N/NC(N)=O. The summed E-state index contributed by atoms with van der Waals surface area (Å²) in [6.45, 7) is 1.62. The second-order valence-electron chi connectivity index (χ2n) is 2.17. The highest BCUT2D eigenvalue weighted by molar-refractivity contribution is 5.99. The largest absolute Gasteiger partial charge is 0.359 e. The maximum Gasteiger partial charge on any atom is 0.332 e. The molecule has 0 aromatic rings. The average Bonchev–Trinajstić information content (AvgIpc) is 2.00. The summed E-state index contributed by atoms with van der Waals surface area (Å²) in [7, 11) is 1.52. The zero-order chi connectivity index (χ0) is 9.56. The van der Waals surface area contributed by atoms with E-state index in [9.17, 15) is 9.59 Å². The fourth-order valence-electron chi connectivity index (χ4n) is 0.511. The lowest BCUT2D eigenvalue weighted by Gasteiger charge is -1.98. The van der Waals surface area contributed by atoms with E-state index in [1.807, 2.05) is 5.43 Å². The van der Waals surface area contributed by atoms with Crippen LogP contribution in [-0.4, -0.2) is 24.7 Å². The van der Waals surface area contributed by atoms with Crippen molar-refractivity contribution in [2.45, 2.75) is 13.3 Å². The Morgan fingerprint density at radius 1 is 1.50 bits per heavy atom. The van der Waals surface area contributed by atoms with E-state index in [4.69, 9.17) is 5.73 Å². The van der Waals surface area contributed by atoms with Gasteiger partial charge in [0.2, 0.25) is 5.91 Å². The zero-order valence-electron chi connectivity index (χ0n) is 7.05. The number of hydrogen-bond acceptors (Lipinski definition) is 3. The van der Waals surface area contributed by atoms with Gasteiger partial charge in [-0.25, -0.2) is 10.2 Å². The molecule has 0 spiro atoms. The van der Waals surface area contributed by atoms with Crippen LogP contribution in [0.25, 0.3) is 0 Å². The van der Waals surface area contributed by atoms with Gasteiger partial charge in [0.15, 0.2) is 0 Å². The van der Waals surface area contributed by atoms with Crippen LogP contribution in [0.4, 0.5) is 4.79 Å². The van der Waals surface area contributed by atoms with Crippen LogP contribution in [0.3, 0.4) is 0 Å². The van der Waals surface area contributed by atoms with Crippen LogP contribution >= 0.6 is 0 Å². The standard InChI is InChI=1S/C6H12N4O2/c1-4(3-5(11)8-2)9-10-6(7)12/h3H2,1-2H3,(H,8,11)(H3,7,10,12)/b9-4+. The molecule has 6 nitrogen and oxygen atoms in total. The number of hydrazone groups is 1. The van der Waals surface area contributed by atoms with Gasteiger partial charge in [0.05, 0.1) is 6.42 Å². The van der Waals surface area contributed by atoms with Crippen LogP contribution in [0.1, 0.15) is 13.3 Å².